The molecule has 94 valence electrons. The Kier molecular flexibility index (Phi) is 3.26. The highest BCUT2D eigenvalue weighted by molar-refractivity contribution is 7.60. The molecule has 18 heavy (non-hydrogen) atoms. The van der Waals surface area contributed by atoms with Crippen molar-refractivity contribution >= 4 is 12.9 Å². The van der Waals surface area contributed by atoms with Crippen LogP contribution in [0.2, 0.25) is 0 Å². The van der Waals surface area contributed by atoms with Gasteiger partial charge in [-0.3, -0.25) is 4.57 Å². The Bertz CT molecular complexity index is 613. The summed E-state index contributed by atoms with van der Waals surface area (Å²) in [4.78, 5) is 18.3. The molecule has 0 saturated carbocycles. The monoisotopic (exact) mass is 264 g/mol. The summed E-state index contributed by atoms with van der Waals surface area (Å²) in [7, 11) is -4.46. The molecule has 0 saturated heterocycles. The number of rotatable bonds is 2. The Hall–Kier alpha value is -1.61. The lowest BCUT2D eigenvalue weighted by atomic mass is 10.0. The van der Waals surface area contributed by atoms with Crippen LogP contribution < -0.4 is 5.30 Å². The van der Waals surface area contributed by atoms with Gasteiger partial charge >= 0.3 is 7.60 Å². The molecule has 0 bridgehead atoms. The van der Waals surface area contributed by atoms with Crippen molar-refractivity contribution in [2.45, 2.75) is 6.92 Å². The molecule has 3 N–H and O–H groups in total. The van der Waals surface area contributed by atoms with E-state index in [-0.39, 0.29) is 11.1 Å². The molecule has 2 aromatic rings. The van der Waals surface area contributed by atoms with Gasteiger partial charge in [0.05, 0.1) is 0 Å². The van der Waals surface area contributed by atoms with Crippen LogP contribution in [-0.2, 0) is 4.57 Å². The molecule has 0 fully saturated rings. The van der Waals surface area contributed by atoms with E-state index in [1.54, 1.807) is 6.07 Å². The summed E-state index contributed by atoms with van der Waals surface area (Å²) in [5.74, 6) is -0.390. The molecule has 0 amide bonds. The maximum atomic E-state index is 11.2. The fourth-order valence-corrected chi connectivity index (χ4v) is 2.36. The molecule has 0 heterocycles. The van der Waals surface area contributed by atoms with Crippen molar-refractivity contribution in [3.05, 3.63) is 48.0 Å². The predicted molar refractivity (Wildman–Crippen MR) is 70.0 cm³/mol. The average molecular weight is 264 g/mol. The van der Waals surface area contributed by atoms with E-state index in [0.29, 0.717) is 5.56 Å². The minimum Gasteiger partial charge on any atom is -0.507 e. The van der Waals surface area contributed by atoms with Gasteiger partial charge in [-0.15, -0.1) is 0 Å². The van der Waals surface area contributed by atoms with Crippen molar-refractivity contribution in [1.29, 1.82) is 0 Å². The maximum Gasteiger partial charge on any atom is 0.359 e. The molecule has 0 atom stereocenters. The summed E-state index contributed by atoms with van der Waals surface area (Å²) >= 11 is 0. The molecule has 0 aliphatic heterocycles. The van der Waals surface area contributed by atoms with Gasteiger partial charge in [-0.25, -0.2) is 0 Å². The first-order chi connectivity index (χ1) is 8.38. The first kappa shape index (κ1) is 12.8. The number of aryl methyl sites for hydroxylation is 1. The lowest BCUT2D eigenvalue weighted by Crippen LogP contribution is -2.04. The first-order valence-corrected chi connectivity index (χ1v) is 6.95. The zero-order valence-electron chi connectivity index (χ0n) is 9.74. The van der Waals surface area contributed by atoms with Crippen LogP contribution >= 0.6 is 7.60 Å². The van der Waals surface area contributed by atoms with E-state index in [9.17, 15) is 9.67 Å². The van der Waals surface area contributed by atoms with Crippen LogP contribution in [-0.4, -0.2) is 14.9 Å². The predicted octanol–water partition coefficient (Wildman–Crippen LogP) is 2.17. The van der Waals surface area contributed by atoms with Crippen LogP contribution in [0.15, 0.2) is 42.5 Å². The highest BCUT2D eigenvalue weighted by atomic mass is 31.2. The van der Waals surface area contributed by atoms with E-state index in [0.717, 1.165) is 11.1 Å². The summed E-state index contributed by atoms with van der Waals surface area (Å²) in [6, 6.07) is 11.8. The van der Waals surface area contributed by atoms with Gasteiger partial charge in [-0.05, 0) is 30.2 Å². The molecule has 2 rings (SSSR count). The fourth-order valence-electron chi connectivity index (χ4n) is 1.68. The van der Waals surface area contributed by atoms with Gasteiger partial charge in [-0.2, -0.15) is 0 Å². The summed E-state index contributed by atoms with van der Waals surface area (Å²) in [5, 5.41) is 9.12. The van der Waals surface area contributed by atoms with Crippen molar-refractivity contribution in [2.24, 2.45) is 0 Å². The third-order valence-corrected chi connectivity index (χ3v) is 3.66. The van der Waals surface area contributed by atoms with Crippen molar-refractivity contribution in [3.63, 3.8) is 0 Å². The van der Waals surface area contributed by atoms with Crippen LogP contribution in [0.3, 0.4) is 0 Å². The molecular weight excluding hydrogens is 251 g/mol. The molecule has 4 nitrogen and oxygen atoms in total. The smallest absolute Gasteiger partial charge is 0.359 e. The highest BCUT2D eigenvalue weighted by Crippen LogP contribution is 2.38. The Morgan fingerprint density at radius 3 is 2.06 bits per heavy atom. The SMILES string of the molecule is Cc1ccc(-c2ccc(O)c(P(=O)(O)O)c2)cc1. The molecule has 0 aliphatic carbocycles. The van der Waals surface area contributed by atoms with Gasteiger partial charge in [0, 0.05) is 0 Å². The van der Waals surface area contributed by atoms with Gasteiger partial charge < -0.3 is 14.9 Å². The second kappa shape index (κ2) is 4.58. The molecule has 0 aromatic heterocycles. The molecule has 2 aromatic carbocycles. The van der Waals surface area contributed by atoms with Gasteiger partial charge in [-0.1, -0.05) is 35.9 Å². The van der Waals surface area contributed by atoms with E-state index >= 15 is 0 Å². The molecule has 0 aliphatic rings. The van der Waals surface area contributed by atoms with Crippen LogP contribution in [0.1, 0.15) is 5.56 Å². The van der Waals surface area contributed by atoms with Crippen LogP contribution in [0.4, 0.5) is 0 Å². The number of phenols is 1. The molecule has 0 radical (unpaired) electrons. The minimum absolute atomic E-state index is 0.347. The zero-order chi connectivity index (χ0) is 13.3. The standard InChI is InChI=1S/C13H13O4P/c1-9-2-4-10(5-3-9)11-6-7-12(14)13(8-11)18(15,16)17/h2-8,14H,1H3,(H2,15,16,17). The number of aromatic hydroxyl groups is 1. The van der Waals surface area contributed by atoms with Gasteiger partial charge in [0.25, 0.3) is 0 Å². The molecular formula is C13H13O4P. The highest BCUT2D eigenvalue weighted by Gasteiger charge is 2.22. The van der Waals surface area contributed by atoms with E-state index < -0.39 is 7.60 Å². The van der Waals surface area contributed by atoms with Crippen molar-refractivity contribution in [3.8, 4) is 16.9 Å². The topological polar surface area (TPSA) is 77.8 Å². The van der Waals surface area contributed by atoms with Gasteiger partial charge in [0.1, 0.15) is 11.1 Å². The Labute approximate surface area is 105 Å². The summed E-state index contributed by atoms with van der Waals surface area (Å²) in [6.45, 7) is 1.96. The van der Waals surface area contributed by atoms with Crippen LogP contribution in [0.25, 0.3) is 11.1 Å². The lowest BCUT2D eigenvalue weighted by molar-refractivity contribution is 0.384. The van der Waals surface area contributed by atoms with Crippen LogP contribution in [0, 0.1) is 6.92 Å². The number of hydrogen-bond acceptors (Lipinski definition) is 2. The molecule has 5 heteroatoms. The summed E-state index contributed by atoms with van der Waals surface area (Å²) in [5.41, 5.74) is 2.61. The van der Waals surface area contributed by atoms with Crippen LogP contribution in [0.5, 0.6) is 5.75 Å². The largest absolute Gasteiger partial charge is 0.507 e. The van der Waals surface area contributed by atoms with E-state index in [1.807, 2.05) is 31.2 Å². The fraction of sp³-hybridized carbons (Fsp3) is 0.0769. The van der Waals surface area contributed by atoms with E-state index in [1.165, 1.54) is 12.1 Å². The second-order valence-electron chi connectivity index (χ2n) is 4.11. The van der Waals surface area contributed by atoms with Crippen molar-refractivity contribution in [2.75, 3.05) is 0 Å². The Morgan fingerprint density at radius 1 is 0.944 bits per heavy atom. The third kappa shape index (κ3) is 2.62. The van der Waals surface area contributed by atoms with E-state index in [4.69, 9.17) is 9.79 Å². The third-order valence-electron chi connectivity index (χ3n) is 2.67. The number of hydrogen-bond donors (Lipinski definition) is 3. The molecule has 0 unspecified atom stereocenters. The Balaban J connectivity index is 2.54. The van der Waals surface area contributed by atoms with Gasteiger partial charge in [0.2, 0.25) is 0 Å². The Morgan fingerprint density at radius 2 is 1.50 bits per heavy atom. The quantitative estimate of drug-likeness (QED) is 0.726. The second-order valence-corrected chi connectivity index (χ2v) is 5.68. The number of phenolic OH excluding ortho intramolecular Hbond substituents is 1. The van der Waals surface area contributed by atoms with Crippen molar-refractivity contribution < 1.29 is 19.5 Å². The van der Waals surface area contributed by atoms with Gasteiger partial charge in [0.15, 0.2) is 0 Å². The maximum absolute atomic E-state index is 11.2. The summed E-state index contributed by atoms with van der Waals surface area (Å²) < 4.78 is 11.2. The lowest BCUT2D eigenvalue weighted by Gasteiger charge is -2.09. The zero-order valence-corrected chi connectivity index (χ0v) is 10.6. The number of benzene rings is 2. The van der Waals surface area contributed by atoms with Crippen molar-refractivity contribution in [1.82, 2.24) is 0 Å². The van der Waals surface area contributed by atoms with E-state index in [2.05, 4.69) is 0 Å². The summed E-state index contributed by atoms with van der Waals surface area (Å²) in [6.07, 6.45) is 0. The minimum atomic E-state index is -4.46. The average Bonchev–Trinajstić information content (AvgIpc) is 2.29. The first-order valence-electron chi connectivity index (χ1n) is 5.34. The molecule has 0 spiro atoms. The normalized spacial score (nSPS) is 11.5.